The molecule has 1 N–H and O–H groups in total. The second-order valence-corrected chi connectivity index (χ2v) is 9.04. The van der Waals surface area contributed by atoms with E-state index in [-0.39, 0.29) is 11.2 Å². The molecule has 2 heterocycles. The molecule has 1 amide bonds. The number of aromatic amines is 1. The lowest BCUT2D eigenvalue weighted by Gasteiger charge is -2.31. The van der Waals surface area contributed by atoms with Crippen LogP contribution in [0.2, 0.25) is 0 Å². The molecule has 1 atom stereocenters. The van der Waals surface area contributed by atoms with Gasteiger partial charge in [0, 0.05) is 18.7 Å². The zero-order valence-corrected chi connectivity index (χ0v) is 16.8. The Morgan fingerprint density at radius 2 is 2.11 bits per heavy atom. The number of aromatic nitrogens is 3. The zero-order valence-electron chi connectivity index (χ0n) is 16.0. The van der Waals surface area contributed by atoms with Crippen LogP contribution in [0, 0.1) is 5.92 Å². The van der Waals surface area contributed by atoms with Gasteiger partial charge in [-0.15, -0.1) is 5.10 Å². The number of hydrogen-bond donors (Lipinski definition) is 1. The van der Waals surface area contributed by atoms with E-state index < -0.39 is 0 Å². The maximum absolute atomic E-state index is 13.0. The van der Waals surface area contributed by atoms with E-state index in [4.69, 9.17) is 0 Å². The average molecular weight is 385 g/mol. The Kier molecular flexibility index (Phi) is 5.81. The van der Waals surface area contributed by atoms with Gasteiger partial charge >= 0.3 is 0 Å². The van der Waals surface area contributed by atoms with Gasteiger partial charge in [0.2, 0.25) is 11.1 Å². The quantitative estimate of drug-likeness (QED) is 0.751. The molecule has 27 heavy (non-hydrogen) atoms. The summed E-state index contributed by atoms with van der Waals surface area (Å²) >= 11 is 1.45. The Labute approximate surface area is 165 Å². The lowest BCUT2D eigenvalue weighted by molar-refractivity contribution is -0.117. The van der Waals surface area contributed by atoms with Crippen LogP contribution < -0.4 is 4.90 Å². The number of fused-ring (bicyclic) bond motifs is 1. The van der Waals surface area contributed by atoms with Crippen LogP contribution in [0.15, 0.2) is 29.4 Å². The molecule has 1 fully saturated rings. The Hall–Kier alpha value is -1.82. The monoisotopic (exact) mass is 384 g/mol. The van der Waals surface area contributed by atoms with Crippen LogP contribution in [-0.4, -0.2) is 32.9 Å². The van der Waals surface area contributed by atoms with Crippen LogP contribution in [0.4, 0.5) is 5.69 Å². The number of carbonyl (C=O) groups is 1. The molecule has 1 saturated carbocycles. The second-order valence-electron chi connectivity index (χ2n) is 7.74. The summed E-state index contributed by atoms with van der Waals surface area (Å²) in [6, 6.07) is 8.23. The minimum absolute atomic E-state index is 0.143. The van der Waals surface area contributed by atoms with Gasteiger partial charge in [-0.25, -0.2) is 4.98 Å². The highest BCUT2D eigenvalue weighted by Gasteiger charge is 2.27. The summed E-state index contributed by atoms with van der Waals surface area (Å²) in [5.74, 6) is 1.95. The van der Waals surface area contributed by atoms with Crippen molar-refractivity contribution in [3.8, 4) is 0 Å². The first kappa shape index (κ1) is 18.5. The van der Waals surface area contributed by atoms with E-state index in [1.54, 1.807) is 0 Å². The zero-order chi connectivity index (χ0) is 18.6. The molecule has 144 valence electrons. The fourth-order valence-corrected chi connectivity index (χ4v) is 5.08. The molecule has 4 rings (SSSR count). The van der Waals surface area contributed by atoms with Gasteiger partial charge in [-0.2, -0.15) is 0 Å². The van der Waals surface area contributed by atoms with Crippen LogP contribution in [0.3, 0.4) is 0 Å². The van der Waals surface area contributed by atoms with Crippen LogP contribution in [-0.2, 0) is 17.6 Å². The van der Waals surface area contributed by atoms with Gasteiger partial charge in [-0.1, -0.05) is 55.6 Å². The molecule has 2 aromatic rings. The topological polar surface area (TPSA) is 61.9 Å². The summed E-state index contributed by atoms with van der Waals surface area (Å²) in [5, 5.41) is 7.88. The number of para-hydroxylation sites is 1. The van der Waals surface area contributed by atoms with Crippen molar-refractivity contribution in [2.75, 3.05) is 11.4 Å². The minimum atomic E-state index is -0.199. The Bertz CT molecular complexity index is 784. The third-order valence-electron chi connectivity index (χ3n) is 5.78. The normalized spacial score (nSPS) is 18.5. The van der Waals surface area contributed by atoms with Gasteiger partial charge in [0.15, 0.2) is 0 Å². The highest BCUT2D eigenvalue weighted by molar-refractivity contribution is 8.00. The smallest absolute Gasteiger partial charge is 0.240 e. The molecule has 0 bridgehead atoms. The summed E-state index contributed by atoms with van der Waals surface area (Å²) in [4.78, 5) is 19.6. The van der Waals surface area contributed by atoms with E-state index in [9.17, 15) is 4.79 Å². The van der Waals surface area contributed by atoms with Crippen molar-refractivity contribution in [2.24, 2.45) is 5.92 Å². The molecule has 0 saturated heterocycles. The van der Waals surface area contributed by atoms with Crippen molar-refractivity contribution in [3.05, 3.63) is 35.7 Å². The first-order valence-corrected chi connectivity index (χ1v) is 11.1. The molecule has 1 aromatic heterocycles. The number of aryl methyl sites for hydroxylation is 2. The Morgan fingerprint density at radius 1 is 1.30 bits per heavy atom. The summed E-state index contributed by atoms with van der Waals surface area (Å²) in [6.45, 7) is 2.75. The summed E-state index contributed by atoms with van der Waals surface area (Å²) in [7, 11) is 0. The molecule has 1 aliphatic carbocycles. The highest BCUT2D eigenvalue weighted by Crippen LogP contribution is 2.31. The number of H-pyrrole nitrogens is 1. The maximum Gasteiger partial charge on any atom is 0.240 e. The van der Waals surface area contributed by atoms with E-state index in [2.05, 4.69) is 27.3 Å². The number of anilines is 1. The molecule has 1 aromatic carbocycles. The van der Waals surface area contributed by atoms with Gasteiger partial charge in [0.25, 0.3) is 0 Å². The fraction of sp³-hybridized carbons (Fsp3) is 0.571. The lowest BCUT2D eigenvalue weighted by atomic mass is 10.0. The van der Waals surface area contributed by atoms with Gasteiger partial charge in [-0.3, -0.25) is 9.89 Å². The number of amides is 1. The van der Waals surface area contributed by atoms with Crippen molar-refractivity contribution in [1.82, 2.24) is 15.2 Å². The Balaban J connectivity index is 1.35. The molecule has 0 radical (unpaired) electrons. The van der Waals surface area contributed by atoms with Crippen LogP contribution in [0.5, 0.6) is 0 Å². The predicted molar refractivity (Wildman–Crippen MR) is 109 cm³/mol. The molecule has 5 nitrogen and oxygen atoms in total. The minimum Gasteiger partial charge on any atom is -0.311 e. The molecule has 2 aliphatic rings. The summed E-state index contributed by atoms with van der Waals surface area (Å²) < 4.78 is 0. The number of carbonyl (C=O) groups excluding carboxylic acids is 1. The van der Waals surface area contributed by atoms with Gasteiger partial charge in [0.05, 0.1) is 5.25 Å². The van der Waals surface area contributed by atoms with Crippen molar-refractivity contribution in [1.29, 1.82) is 0 Å². The van der Waals surface area contributed by atoms with Crippen LogP contribution in [0.25, 0.3) is 0 Å². The standard InChI is InChI=1S/C21H28N4OS/c1-15(20(26)25-14-6-10-17-9-4-5-11-18(17)25)27-21-22-19(23-24-21)13-12-16-7-2-3-8-16/h4-5,9,11,15-16H,2-3,6-8,10,12-14H2,1H3,(H,22,23,24). The van der Waals surface area contributed by atoms with Crippen molar-refractivity contribution in [2.45, 2.75) is 68.7 Å². The van der Waals surface area contributed by atoms with Crippen molar-refractivity contribution in [3.63, 3.8) is 0 Å². The van der Waals surface area contributed by atoms with E-state index >= 15 is 0 Å². The number of nitrogens with zero attached hydrogens (tertiary/aromatic N) is 3. The third-order valence-corrected chi connectivity index (χ3v) is 6.73. The molecular formula is C21H28N4OS. The number of thioether (sulfide) groups is 1. The van der Waals surface area contributed by atoms with E-state index in [1.165, 1.54) is 49.4 Å². The predicted octanol–water partition coefficient (Wildman–Crippen LogP) is 4.39. The number of hydrogen-bond acceptors (Lipinski definition) is 4. The van der Waals surface area contributed by atoms with Gasteiger partial charge in [-0.05, 0) is 43.7 Å². The number of nitrogens with one attached hydrogen (secondary N) is 1. The first-order valence-electron chi connectivity index (χ1n) is 10.2. The largest absolute Gasteiger partial charge is 0.311 e. The maximum atomic E-state index is 13.0. The molecule has 1 aliphatic heterocycles. The summed E-state index contributed by atoms with van der Waals surface area (Å²) in [6.07, 6.45) is 9.69. The molecule has 1 unspecified atom stereocenters. The highest BCUT2D eigenvalue weighted by atomic mass is 32.2. The van der Waals surface area contributed by atoms with Gasteiger partial charge in [0.1, 0.15) is 5.82 Å². The third kappa shape index (κ3) is 4.37. The SMILES string of the molecule is CC(Sc1n[nH]c(CCC2CCCC2)n1)C(=O)N1CCCc2ccccc21. The first-order chi connectivity index (χ1) is 13.2. The fourth-order valence-electron chi connectivity index (χ4n) is 4.27. The van der Waals surface area contributed by atoms with E-state index in [1.807, 2.05) is 24.0 Å². The number of rotatable bonds is 6. The molecule has 6 heteroatoms. The van der Waals surface area contributed by atoms with E-state index in [0.717, 1.165) is 43.2 Å². The molecule has 0 spiro atoms. The lowest BCUT2D eigenvalue weighted by Crippen LogP contribution is -2.40. The van der Waals surface area contributed by atoms with Gasteiger partial charge < -0.3 is 4.90 Å². The van der Waals surface area contributed by atoms with E-state index in [0.29, 0.717) is 5.16 Å². The molecular weight excluding hydrogens is 356 g/mol. The summed E-state index contributed by atoms with van der Waals surface area (Å²) in [5.41, 5.74) is 2.33. The van der Waals surface area contributed by atoms with Crippen molar-refractivity contribution < 1.29 is 4.79 Å². The number of benzene rings is 1. The van der Waals surface area contributed by atoms with Crippen LogP contribution in [0.1, 0.15) is 56.8 Å². The Morgan fingerprint density at radius 3 is 2.96 bits per heavy atom. The second kappa shape index (κ2) is 8.46. The average Bonchev–Trinajstić information content (AvgIpc) is 3.37. The van der Waals surface area contributed by atoms with Crippen molar-refractivity contribution >= 4 is 23.4 Å². The van der Waals surface area contributed by atoms with Crippen LogP contribution >= 0.6 is 11.8 Å².